The highest BCUT2D eigenvalue weighted by atomic mass is 35.5. The Kier molecular flexibility index (Phi) is 7.32. The van der Waals surface area contributed by atoms with E-state index in [0.717, 1.165) is 4.90 Å². The third-order valence-corrected chi connectivity index (χ3v) is 5.31. The first kappa shape index (κ1) is 21.7. The number of ether oxygens (including phenoxy) is 1. The molecular weight excluding hydrogens is 427 g/mol. The summed E-state index contributed by atoms with van der Waals surface area (Å²) in [6.07, 6.45) is 0. The second-order valence-electron chi connectivity index (χ2n) is 6.15. The monoisotopic (exact) mass is 444 g/mol. The van der Waals surface area contributed by atoms with Gasteiger partial charge in [0.2, 0.25) is 5.91 Å². The lowest BCUT2D eigenvalue weighted by atomic mass is 10.2. The third kappa shape index (κ3) is 5.75. The number of nitrogens with one attached hydrogen (secondary N) is 2. The van der Waals surface area contributed by atoms with Crippen LogP contribution in [0.2, 0.25) is 5.02 Å². The average molecular weight is 445 g/mol. The Morgan fingerprint density at radius 3 is 2.50 bits per heavy atom. The molecule has 2 amide bonds. The Labute approximate surface area is 182 Å². The largest absolute Gasteiger partial charge is 0.495 e. The second-order valence-corrected chi connectivity index (χ2v) is 7.60. The van der Waals surface area contributed by atoms with Crippen LogP contribution in [-0.2, 0) is 4.79 Å². The first-order valence-electron chi connectivity index (χ1n) is 8.88. The number of benzene rings is 3. The number of carbonyl (C=O) groups excluding carboxylic acids is 2. The second kappa shape index (κ2) is 10.1. The molecule has 0 aliphatic rings. The van der Waals surface area contributed by atoms with Gasteiger partial charge in [-0.25, -0.2) is 4.39 Å². The van der Waals surface area contributed by atoms with Gasteiger partial charge in [0.15, 0.2) is 0 Å². The lowest BCUT2D eigenvalue weighted by Crippen LogP contribution is -2.14. The van der Waals surface area contributed by atoms with Crippen molar-refractivity contribution in [1.82, 2.24) is 0 Å². The van der Waals surface area contributed by atoms with Gasteiger partial charge >= 0.3 is 0 Å². The molecule has 3 rings (SSSR count). The Balaban J connectivity index is 1.57. The molecule has 0 aliphatic carbocycles. The molecule has 5 nitrogen and oxygen atoms in total. The smallest absolute Gasteiger partial charge is 0.258 e. The van der Waals surface area contributed by atoms with Gasteiger partial charge in [-0.3, -0.25) is 9.59 Å². The summed E-state index contributed by atoms with van der Waals surface area (Å²) in [5.41, 5.74) is 1.04. The fourth-order valence-electron chi connectivity index (χ4n) is 2.60. The van der Waals surface area contributed by atoms with E-state index in [2.05, 4.69) is 10.6 Å². The van der Waals surface area contributed by atoms with E-state index in [4.69, 9.17) is 16.3 Å². The third-order valence-electron chi connectivity index (χ3n) is 4.02. The van der Waals surface area contributed by atoms with Gasteiger partial charge in [-0.15, -0.1) is 11.8 Å². The number of hydrogen-bond acceptors (Lipinski definition) is 4. The van der Waals surface area contributed by atoms with Crippen LogP contribution in [0.4, 0.5) is 15.8 Å². The first-order chi connectivity index (χ1) is 14.5. The van der Waals surface area contributed by atoms with Crippen LogP contribution >= 0.6 is 23.4 Å². The van der Waals surface area contributed by atoms with Gasteiger partial charge in [0.1, 0.15) is 11.6 Å². The molecule has 3 aromatic carbocycles. The van der Waals surface area contributed by atoms with Crippen molar-refractivity contribution in [3.8, 4) is 5.75 Å². The summed E-state index contributed by atoms with van der Waals surface area (Å²) in [7, 11) is 1.52. The molecule has 8 heteroatoms. The molecule has 30 heavy (non-hydrogen) atoms. The lowest BCUT2D eigenvalue weighted by molar-refractivity contribution is -0.113. The van der Waals surface area contributed by atoms with Crippen molar-refractivity contribution in [3.05, 3.63) is 83.1 Å². The van der Waals surface area contributed by atoms with Crippen molar-refractivity contribution in [2.75, 3.05) is 23.5 Å². The maximum absolute atomic E-state index is 13.8. The minimum absolute atomic E-state index is 0.0342. The van der Waals surface area contributed by atoms with Gasteiger partial charge in [-0.1, -0.05) is 29.8 Å². The predicted molar refractivity (Wildman–Crippen MR) is 118 cm³/mol. The Bertz CT molecular complexity index is 1080. The number of halogens is 2. The van der Waals surface area contributed by atoms with Crippen LogP contribution in [0.1, 0.15) is 10.4 Å². The zero-order chi connectivity index (χ0) is 21.5. The molecule has 0 heterocycles. The van der Waals surface area contributed by atoms with Gasteiger partial charge in [0.05, 0.1) is 23.4 Å². The SMILES string of the molecule is COc1ccc(NC(=O)CSc2cccc(NC(=O)c3ccccc3F)c2)cc1Cl. The highest BCUT2D eigenvalue weighted by Crippen LogP contribution is 2.28. The Morgan fingerprint density at radius 2 is 1.77 bits per heavy atom. The summed E-state index contributed by atoms with van der Waals surface area (Å²) >= 11 is 7.36. The van der Waals surface area contributed by atoms with E-state index in [9.17, 15) is 14.0 Å². The summed E-state index contributed by atoms with van der Waals surface area (Å²) in [6, 6.07) is 17.7. The van der Waals surface area contributed by atoms with Crippen molar-refractivity contribution in [3.63, 3.8) is 0 Å². The van der Waals surface area contributed by atoms with Crippen LogP contribution in [-0.4, -0.2) is 24.7 Å². The maximum atomic E-state index is 13.8. The number of thioether (sulfide) groups is 1. The summed E-state index contributed by atoms with van der Waals surface area (Å²) in [4.78, 5) is 25.2. The highest BCUT2D eigenvalue weighted by Gasteiger charge is 2.12. The number of methoxy groups -OCH3 is 1. The van der Waals surface area contributed by atoms with Gasteiger partial charge < -0.3 is 15.4 Å². The van der Waals surface area contributed by atoms with Crippen molar-refractivity contribution in [1.29, 1.82) is 0 Å². The molecule has 3 aromatic rings. The molecule has 0 aromatic heterocycles. The lowest BCUT2D eigenvalue weighted by Gasteiger charge is -2.09. The van der Waals surface area contributed by atoms with Crippen molar-refractivity contribution < 1.29 is 18.7 Å². The molecule has 0 fully saturated rings. The van der Waals surface area contributed by atoms with Gasteiger partial charge in [0, 0.05) is 16.3 Å². The highest BCUT2D eigenvalue weighted by molar-refractivity contribution is 8.00. The van der Waals surface area contributed by atoms with Crippen molar-refractivity contribution in [2.24, 2.45) is 0 Å². The van der Waals surface area contributed by atoms with E-state index in [1.165, 1.54) is 37.1 Å². The molecule has 0 unspecified atom stereocenters. The molecule has 2 N–H and O–H groups in total. The zero-order valence-electron chi connectivity index (χ0n) is 15.9. The summed E-state index contributed by atoms with van der Waals surface area (Å²) in [6.45, 7) is 0. The maximum Gasteiger partial charge on any atom is 0.258 e. The van der Waals surface area contributed by atoms with Crippen LogP contribution in [0.3, 0.4) is 0 Å². The van der Waals surface area contributed by atoms with E-state index in [1.807, 2.05) is 6.07 Å². The van der Waals surface area contributed by atoms with Gasteiger partial charge in [-0.2, -0.15) is 0 Å². The molecule has 154 valence electrons. The number of carbonyl (C=O) groups is 2. The Hall–Kier alpha value is -3.03. The number of rotatable bonds is 7. The predicted octanol–water partition coefficient (Wildman–Crippen LogP) is 5.47. The zero-order valence-corrected chi connectivity index (χ0v) is 17.5. The number of anilines is 2. The molecule has 0 atom stereocenters. The van der Waals surface area contributed by atoms with Crippen molar-refractivity contribution in [2.45, 2.75) is 4.90 Å². The molecule has 0 aliphatic heterocycles. The first-order valence-corrected chi connectivity index (χ1v) is 10.2. The van der Waals surface area contributed by atoms with Gasteiger partial charge in [0.25, 0.3) is 5.91 Å². The van der Waals surface area contributed by atoms with Crippen LogP contribution in [0.5, 0.6) is 5.75 Å². The van der Waals surface area contributed by atoms with Crippen LogP contribution in [0.25, 0.3) is 0 Å². The summed E-state index contributed by atoms with van der Waals surface area (Å²) in [5, 5.41) is 5.84. The van der Waals surface area contributed by atoms with Crippen LogP contribution < -0.4 is 15.4 Å². The fourth-order valence-corrected chi connectivity index (χ4v) is 3.61. The normalized spacial score (nSPS) is 10.4. The summed E-state index contributed by atoms with van der Waals surface area (Å²) < 4.78 is 18.8. The van der Waals surface area contributed by atoms with Crippen LogP contribution in [0, 0.1) is 5.82 Å². The van der Waals surface area contributed by atoms with E-state index >= 15 is 0 Å². The standard InChI is InChI=1S/C22H18ClFN2O3S/c1-29-20-10-9-15(12-18(20)23)25-21(27)13-30-16-6-4-5-14(11-16)26-22(28)17-7-2-3-8-19(17)24/h2-12H,13H2,1H3,(H,25,27)(H,26,28). The fraction of sp³-hybridized carbons (Fsp3) is 0.0909. The Morgan fingerprint density at radius 1 is 1.00 bits per heavy atom. The minimum Gasteiger partial charge on any atom is -0.495 e. The number of hydrogen-bond donors (Lipinski definition) is 2. The molecule has 0 spiro atoms. The topological polar surface area (TPSA) is 67.4 Å². The van der Waals surface area contributed by atoms with E-state index in [1.54, 1.807) is 42.5 Å². The molecular formula is C22H18ClFN2O3S. The number of amides is 2. The molecule has 0 radical (unpaired) electrons. The van der Waals surface area contributed by atoms with E-state index < -0.39 is 11.7 Å². The minimum atomic E-state index is -0.587. The molecule has 0 saturated heterocycles. The van der Waals surface area contributed by atoms with Crippen molar-refractivity contribution >= 4 is 46.6 Å². The average Bonchev–Trinajstić information content (AvgIpc) is 2.73. The molecule has 0 saturated carbocycles. The summed E-state index contributed by atoms with van der Waals surface area (Å²) in [5.74, 6) is -0.644. The van der Waals surface area contributed by atoms with Crippen LogP contribution in [0.15, 0.2) is 71.6 Å². The van der Waals surface area contributed by atoms with Gasteiger partial charge in [-0.05, 0) is 48.5 Å². The molecule has 0 bridgehead atoms. The quantitative estimate of drug-likeness (QED) is 0.474. The van der Waals surface area contributed by atoms with E-state index in [-0.39, 0.29) is 17.2 Å². The van der Waals surface area contributed by atoms with E-state index in [0.29, 0.717) is 22.1 Å².